The molecule has 0 aromatic rings. The highest BCUT2D eigenvalue weighted by atomic mass is 16.7. The number of rotatable bonds is 0. The third-order valence-corrected chi connectivity index (χ3v) is 8.96. The highest BCUT2D eigenvalue weighted by molar-refractivity contribution is 5.15. The van der Waals surface area contributed by atoms with Crippen LogP contribution in [-0.4, -0.2) is 19.0 Å². The first-order valence-electron chi connectivity index (χ1n) is 10.0. The predicted octanol–water partition coefficient (Wildman–Crippen LogP) is 4.94. The molecule has 128 valence electrons. The maximum Gasteiger partial charge on any atom is 0.174 e. The van der Waals surface area contributed by atoms with E-state index < -0.39 is 0 Å². The van der Waals surface area contributed by atoms with E-state index in [2.05, 4.69) is 26.0 Å². The van der Waals surface area contributed by atoms with Crippen molar-refractivity contribution in [3.05, 3.63) is 12.2 Å². The lowest BCUT2D eigenvalue weighted by Gasteiger charge is -2.60. The summed E-state index contributed by atoms with van der Waals surface area (Å²) in [4.78, 5) is 0. The first-order valence-corrected chi connectivity index (χ1v) is 10.0. The topological polar surface area (TPSA) is 18.5 Å². The fraction of sp³-hybridized carbons (Fsp3) is 0.905. The van der Waals surface area contributed by atoms with E-state index in [0.717, 1.165) is 43.3 Å². The van der Waals surface area contributed by atoms with E-state index in [0.29, 0.717) is 5.41 Å². The number of fused-ring (bicyclic) bond motifs is 6. The van der Waals surface area contributed by atoms with Crippen LogP contribution in [0.25, 0.3) is 0 Å². The lowest BCUT2D eigenvalue weighted by atomic mass is 9.46. The molecule has 3 saturated carbocycles. The van der Waals surface area contributed by atoms with Gasteiger partial charge in [-0.25, -0.2) is 0 Å². The Hall–Kier alpha value is -0.340. The molecular formula is C21H32O2. The minimum atomic E-state index is -0.229. The highest BCUT2D eigenvalue weighted by Gasteiger charge is 2.66. The molecule has 5 aliphatic rings. The van der Waals surface area contributed by atoms with Crippen molar-refractivity contribution in [2.24, 2.45) is 34.5 Å². The van der Waals surface area contributed by atoms with Crippen molar-refractivity contribution in [3.8, 4) is 0 Å². The van der Waals surface area contributed by atoms with Crippen LogP contribution in [0.5, 0.6) is 0 Å². The van der Waals surface area contributed by atoms with Gasteiger partial charge >= 0.3 is 0 Å². The van der Waals surface area contributed by atoms with Crippen LogP contribution in [-0.2, 0) is 9.47 Å². The second-order valence-electron chi connectivity index (χ2n) is 9.48. The van der Waals surface area contributed by atoms with E-state index in [1.165, 1.54) is 44.9 Å². The van der Waals surface area contributed by atoms with Gasteiger partial charge in [0.15, 0.2) is 5.79 Å². The van der Waals surface area contributed by atoms with Crippen LogP contribution in [0.4, 0.5) is 0 Å². The average Bonchev–Trinajstić information content (AvgIpc) is 3.14. The molecule has 1 spiro atoms. The van der Waals surface area contributed by atoms with E-state index in [1.807, 2.05) is 0 Å². The van der Waals surface area contributed by atoms with Crippen LogP contribution in [0.3, 0.4) is 0 Å². The molecular weight excluding hydrogens is 284 g/mol. The Morgan fingerprint density at radius 3 is 2.48 bits per heavy atom. The van der Waals surface area contributed by atoms with Gasteiger partial charge in [-0.05, 0) is 74.0 Å². The number of hydrogen-bond donors (Lipinski definition) is 0. The molecule has 1 unspecified atom stereocenters. The molecule has 1 aliphatic heterocycles. The first kappa shape index (κ1) is 15.0. The summed E-state index contributed by atoms with van der Waals surface area (Å²) in [7, 11) is 0. The van der Waals surface area contributed by atoms with Crippen molar-refractivity contribution >= 4 is 0 Å². The molecule has 0 bridgehead atoms. The van der Waals surface area contributed by atoms with Crippen molar-refractivity contribution in [2.75, 3.05) is 13.2 Å². The molecule has 0 aromatic carbocycles. The van der Waals surface area contributed by atoms with Crippen LogP contribution in [0.1, 0.15) is 65.2 Å². The van der Waals surface area contributed by atoms with Gasteiger partial charge in [-0.3, -0.25) is 0 Å². The molecule has 4 fully saturated rings. The highest BCUT2D eigenvalue weighted by Crippen LogP contribution is 2.69. The Balaban J connectivity index is 1.48. The van der Waals surface area contributed by atoms with Gasteiger partial charge in [0.25, 0.3) is 0 Å². The fourth-order valence-electron chi connectivity index (χ4n) is 7.71. The van der Waals surface area contributed by atoms with Crippen LogP contribution in [0.2, 0.25) is 0 Å². The summed E-state index contributed by atoms with van der Waals surface area (Å²) < 4.78 is 12.5. The zero-order valence-electron chi connectivity index (χ0n) is 14.9. The minimum Gasteiger partial charge on any atom is -0.347 e. The quantitative estimate of drug-likeness (QED) is 0.589. The Morgan fingerprint density at radius 2 is 1.65 bits per heavy atom. The molecule has 1 heterocycles. The van der Waals surface area contributed by atoms with Gasteiger partial charge in [-0.15, -0.1) is 0 Å². The summed E-state index contributed by atoms with van der Waals surface area (Å²) in [5.41, 5.74) is 0.824. The van der Waals surface area contributed by atoms with Gasteiger partial charge in [0.05, 0.1) is 13.2 Å². The molecule has 4 aliphatic carbocycles. The van der Waals surface area contributed by atoms with E-state index in [-0.39, 0.29) is 11.2 Å². The predicted molar refractivity (Wildman–Crippen MR) is 90.9 cm³/mol. The Labute approximate surface area is 141 Å². The van der Waals surface area contributed by atoms with E-state index in [4.69, 9.17) is 9.47 Å². The molecule has 0 radical (unpaired) electrons. The summed E-state index contributed by atoms with van der Waals surface area (Å²) in [5, 5.41) is 0. The third-order valence-electron chi connectivity index (χ3n) is 8.96. The summed E-state index contributed by atoms with van der Waals surface area (Å²) in [5.74, 6) is 3.28. The average molecular weight is 316 g/mol. The summed E-state index contributed by atoms with van der Waals surface area (Å²) in [6, 6.07) is 0. The van der Waals surface area contributed by atoms with Crippen molar-refractivity contribution in [1.82, 2.24) is 0 Å². The second kappa shape index (κ2) is 4.85. The lowest BCUT2D eigenvalue weighted by molar-refractivity contribution is -0.245. The Kier molecular flexibility index (Phi) is 3.15. The molecule has 2 heteroatoms. The minimum absolute atomic E-state index is 0.229. The van der Waals surface area contributed by atoms with Crippen molar-refractivity contribution in [2.45, 2.75) is 71.0 Å². The monoisotopic (exact) mass is 316 g/mol. The zero-order valence-corrected chi connectivity index (χ0v) is 14.9. The molecule has 2 nitrogen and oxygen atoms in total. The Bertz CT molecular complexity index is 520. The molecule has 0 aromatic heterocycles. The third kappa shape index (κ3) is 1.78. The van der Waals surface area contributed by atoms with E-state index in [9.17, 15) is 0 Å². The maximum atomic E-state index is 6.25. The van der Waals surface area contributed by atoms with Crippen LogP contribution in [0, 0.1) is 34.5 Å². The summed E-state index contributed by atoms with van der Waals surface area (Å²) in [6.07, 6.45) is 15.7. The lowest BCUT2D eigenvalue weighted by Crippen LogP contribution is -2.56. The molecule has 5 rings (SSSR count). The molecule has 0 N–H and O–H groups in total. The molecule has 1 saturated heterocycles. The first-order chi connectivity index (χ1) is 11.1. The van der Waals surface area contributed by atoms with Gasteiger partial charge < -0.3 is 9.47 Å². The van der Waals surface area contributed by atoms with Gasteiger partial charge in [-0.2, -0.15) is 0 Å². The smallest absolute Gasteiger partial charge is 0.174 e. The van der Waals surface area contributed by atoms with Crippen molar-refractivity contribution < 1.29 is 9.47 Å². The van der Waals surface area contributed by atoms with Crippen LogP contribution >= 0.6 is 0 Å². The molecule has 6 atom stereocenters. The van der Waals surface area contributed by atoms with Crippen LogP contribution in [0.15, 0.2) is 12.2 Å². The van der Waals surface area contributed by atoms with Gasteiger partial charge in [0.1, 0.15) is 0 Å². The van der Waals surface area contributed by atoms with Crippen molar-refractivity contribution in [1.29, 1.82) is 0 Å². The maximum absolute atomic E-state index is 6.25. The van der Waals surface area contributed by atoms with Crippen LogP contribution < -0.4 is 0 Å². The van der Waals surface area contributed by atoms with Gasteiger partial charge in [0, 0.05) is 11.8 Å². The van der Waals surface area contributed by atoms with Gasteiger partial charge in [0.2, 0.25) is 0 Å². The number of ether oxygens (including phenoxy) is 2. The summed E-state index contributed by atoms with van der Waals surface area (Å²) >= 11 is 0. The van der Waals surface area contributed by atoms with E-state index >= 15 is 0 Å². The van der Waals surface area contributed by atoms with Crippen molar-refractivity contribution in [3.63, 3.8) is 0 Å². The number of allylic oxidation sites excluding steroid dienone is 2. The summed E-state index contributed by atoms with van der Waals surface area (Å²) in [6.45, 7) is 6.73. The normalized spacial score (nSPS) is 53.8. The standard InChI is InChI=1S/C21H32O2/c1-19-10-4-3-5-15(19)6-7-16-17(19)8-11-20(2)18(16)9-12-21(20)22-13-14-23-21/h3,5,15-18H,4,6-14H2,1-2H3/t15?,16-,17+,18+,19+,20+/m1/s1. The molecule has 23 heavy (non-hydrogen) atoms. The van der Waals surface area contributed by atoms with Gasteiger partial charge in [-0.1, -0.05) is 26.0 Å². The zero-order chi connectivity index (χ0) is 15.7. The molecule has 0 amide bonds. The SMILES string of the molecule is C[C@]12CCC=CC1CC[C@@H]1[C@@H]2CC[C@@]2(C)[C@H]1CCC21OCCO1. The Morgan fingerprint density at radius 1 is 0.870 bits per heavy atom. The number of hydrogen-bond acceptors (Lipinski definition) is 2. The largest absolute Gasteiger partial charge is 0.347 e. The van der Waals surface area contributed by atoms with E-state index in [1.54, 1.807) is 0 Å². The fourth-order valence-corrected chi connectivity index (χ4v) is 7.71. The second-order valence-corrected chi connectivity index (χ2v) is 9.48.